The Balaban J connectivity index is 1.97. The number of hydrogen-bond donors (Lipinski definition) is 5. The van der Waals surface area contributed by atoms with Gasteiger partial charge in [-0.25, -0.2) is 0 Å². The fourth-order valence-corrected chi connectivity index (χ4v) is 4.56. The molecular weight excluding hydrogens is 426 g/mol. The van der Waals surface area contributed by atoms with Crippen LogP contribution in [0.15, 0.2) is 0 Å². The van der Waals surface area contributed by atoms with Gasteiger partial charge in [0.05, 0.1) is 12.1 Å². The van der Waals surface area contributed by atoms with Crippen LogP contribution in [0, 0.1) is 11.3 Å². The first-order chi connectivity index (χ1) is 15.6. The highest BCUT2D eigenvalue weighted by molar-refractivity contribution is 5.94. The third-order valence-corrected chi connectivity index (χ3v) is 6.15. The molecule has 0 unspecified atom stereocenters. The van der Waals surface area contributed by atoms with Gasteiger partial charge in [0.1, 0.15) is 12.1 Å². The molecule has 7 N–H and O–H groups in total. The first-order valence-electron chi connectivity index (χ1n) is 11.8. The normalized spacial score (nSPS) is 22.2. The van der Waals surface area contributed by atoms with Gasteiger partial charge in [-0.3, -0.25) is 24.6 Å². The lowest BCUT2D eigenvalue weighted by atomic mass is 10.0. The molecule has 2 fully saturated rings. The van der Waals surface area contributed by atoms with Crippen LogP contribution >= 0.6 is 0 Å². The summed E-state index contributed by atoms with van der Waals surface area (Å²) >= 11 is 0. The molecule has 33 heavy (non-hydrogen) atoms. The van der Waals surface area contributed by atoms with E-state index < -0.39 is 24.2 Å². The van der Waals surface area contributed by atoms with Crippen molar-refractivity contribution >= 4 is 30.0 Å². The van der Waals surface area contributed by atoms with Crippen molar-refractivity contribution in [3.05, 3.63) is 0 Å². The summed E-state index contributed by atoms with van der Waals surface area (Å²) < 4.78 is 0. The summed E-state index contributed by atoms with van der Waals surface area (Å²) in [6, 6.07) is -2.72. The molecule has 11 heteroatoms. The van der Waals surface area contributed by atoms with E-state index in [1.165, 1.54) is 0 Å². The summed E-state index contributed by atoms with van der Waals surface area (Å²) in [6.07, 6.45) is 5.69. The molecule has 1 radical (unpaired) electrons. The number of carbonyl (C=O) groups excluding carboxylic acids is 4. The molecule has 2 aliphatic heterocycles. The maximum atomic E-state index is 13.3. The maximum absolute atomic E-state index is 13.3. The van der Waals surface area contributed by atoms with E-state index in [1.54, 1.807) is 9.80 Å². The van der Waals surface area contributed by atoms with E-state index in [9.17, 15) is 19.2 Å². The predicted molar refractivity (Wildman–Crippen MR) is 124 cm³/mol. The molecule has 185 valence electrons. The average Bonchev–Trinajstić information content (AvgIpc) is 3.44. The molecule has 0 aliphatic carbocycles. The zero-order valence-corrected chi connectivity index (χ0v) is 19.6. The smallest absolute Gasteiger partial charge is 0.246 e. The second kappa shape index (κ2) is 12.5. The lowest BCUT2D eigenvalue weighted by Crippen LogP contribution is -2.56. The van der Waals surface area contributed by atoms with Gasteiger partial charge in [-0.05, 0) is 50.9 Å². The quantitative estimate of drug-likeness (QED) is 0.151. The summed E-state index contributed by atoms with van der Waals surface area (Å²) in [4.78, 5) is 53.5. The number of nitrogens with two attached hydrogens (primary N) is 2. The summed E-state index contributed by atoms with van der Waals surface area (Å²) in [6.45, 7) is 5.32. The van der Waals surface area contributed by atoms with Crippen LogP contribution in [0.5, 0.6) is 0 Å². The summed E-state index contributed by atoms with van der Waals surface area (Å²) in [7, 11) is 0. The molecule has 0 bridgehead atoms. The van der Waals surface area contributed by atoms with Crippen LogP contribution in [-0.4, -0.2) is 83.6 Å². The minimum absolute atomic E-state index is 0.157. The van der Waals surface area contributed by atoms with Gasteiger partial charge in [-0.1, -0.05) is 13.8 Å². The van der Waals surface area contributed by atoms with Crippen molar-refractivity contribution in [1.82, 2.24) is 20.4 Å². The van der Waals surface area contributed by atoms with E-state index in [1.807, 2.05) is 20.1 Å². The predicted octanol–water partition coefficient (Wildman–Crippen LogP) is -0.800. The number of likely N-dealkylation sites (tertiary alicyclic amines) is 2. The van der Waals surface area contributed by atoms with Gasteiger partial charge in [0.2, 0.25) is 24.0 Å². The average molecular weight is 465 g/mol. The molecular formula is C22H38N7O4. The molecule has 4 atom stereocenters. The number of nitrogens with zero attached hydrogens (tertiary/aromatic N) is 2. The molecule has 0 spiro atoms. The van der Waals surface area contributed by atoms with Crippen molar-refractivity contribution < 1.29 is 19.2 Å². The van der Waals surface area contributed by atoms with E-state index in [0.717, 1.165) is 6.42 Å². The second-order valence-electron chi connectivity index (χ2n) is 9.28. The highest BCUT2D eigenvalue weighted by atomic mass is 16.2. The molecule has 3 amide bonds. The van der Waals surface area contributed by atoms with Crippen LogP contribution in [0.4, 0.5) is 0 Å². The van der Waals surface area contributed by atoms with Crippen LogP contribution in [0.25, 0.3) is 0 Å². The van der Waals surface area contributed by atoms with Gasteiger partial charge in [-0.15, -0.1) is 0 Å². The zero-order chi connectivity index (χ0) is 24.5. The molecule has 2 saturated heterocycles. The fraction of sp³-hybridized carbons (Fsp3) is 0.773. The highest BCUT2D eigenvalue weighted by Crippen LogP contribution is 2.26. The Hall–Kier alpha value is -2.69. The van der Waals surface area contributed by atoms with Crippen LogP contribution < -0.4 is 22.1 Å². The Labute approximate surface area is 195 Å². The van der Waals surface area contributed by atoms with E-state index in [2.05, 4.69) is 10.6 Å². The summed E-state index contributed by atoms with van der Waals surface area (Å²) in [5, 5.41) is 12.4. The van der Waals surface area contributed by atoms with E-state index >= 15 is 0 Å². The van der Waals surface area contributed by atoms with Gasteiger partial charge < -0.3 is 31.9 Å². The number of hydrogen-bond acceptors (Lipinski definition) is 6. The first-order valence-corrected chi connectivity index (χ1v) is 11.8. The molecule has 0 aromatic carbocycles. The lowest BCUT2D eigenvalue weighted by molar-refractivity contribution is -0.147. The van der Waals surface area contributed by atoms with E-state index in [0.29, 0.717) is 58.2 Å². The van der Waals surface area contributed by atoms with Gasteiger partial charge >= 0.3 is 0 Å². The van der Waals surface area contributed by atoms with Crippen LogP contribution in [0.2, 0.25) is 0 Å². The van der Waals surface area contributed by atoms with Crippen molar-refractivity contribution in [1.29, 1.82) is 5.41 Å². The molecule has 0 aromatic heterocycles. The number of carbonyl (C=O) groups is 3. The zero-order valence-electron chi connectivity index (χ0n) is 19.6. The van der Waals surface area contributed by atoms with Crippen molar-refractivity contribution in [2.24, 2.45) is 17.4 Å². The third-order valence-electron chi connectivity index (χ3n) is 6.15. The van der Waals surface area contributed by atoms with Gasteiger partial charge in [0, 0.05) is 19.6 Å². The third kappa shape index (κ3) is 7.41. The minimum atomic E-state index is -0.803. The van der Waals surface area contributed by atoms with Crippen LogP contribution in [0.3, 0.4) is 0 Å². The van der Waals surface area contributed by atoms with Gasteiger partial charge in [0.15, 0.2) is 5.96 Å². The molecule has 0 aromatic rings. The number of amides is 3. The van der Waals surface area contributed by atoms with Crippen molar-refractivity contribution in [3.63, 3.8) is 0 Å². The topological polar surface area (TPSA) is 175 Å². The molecule has 11 nitrogen and oxygen atoms in total. The Bertz CT molecular complexity index is 730. The molecule has 2 rings (SSSR count). The van der Waals surface area contributed by atoms with Crippen LogP contribution in [-0.2, 0) is 19.2 Å². The van der Waals surface area contributed by atoms with E-state index in [4.69, 9.17) is 16.9 Å². The number of rotatable bonds is 11. The second-order valence-corrected chi connectivity index (χ2v) is 9.28. The van der Waals surface area contributed by atoms with Gasteiger partial charge in [-0.2, -0.15) is 0 Å². The van der Waals surface area contributed by atoms with Crippen LogP contribution in [0.1, 0.15) is 58.8 Å². The number of guanidine groups is 1. The lowest BCUT2D eigenvalue weighted by Gasteiger charge is -2.32. The van der Waals surface area contributed by atoms with Crippen molar-refractivity contribution in [2.45, 2.75) is 83.0 Å². The molecule has 2 heterocycles. The maximum Gasteiger partial charge on any atom is 0.246 e. The monoisotopic (exact) mass is 464 g/mol. The fourth-order valence-electron chi connectivity index (χ4n) is 4.56. The molecule has 0 saturated carbocycles. The Morgan fingerprint density at radius 2 is 1.76 bits per heavy atom. The summed E-state index contributed by atoms with van der Waals surface area (Å²) in [5.41, 5.74) is 11.3. The largest absolute Gasteiger partial charge is 0.370 e. The van der Waals surface area contributed by atoms with Crippen molar-refractivity contribution in [2.75, 3.05) is 19.6 Å². The summed E-state index contributed by atoms with van der Waals surface area (Å²) in [5.74, 6) is -0.716. The minimum Gasteiger partial charge on any atom is -0.370 e. The van der Waals surface area contributed by atoms with E-state index in [-0.39, 0.29) is 29.6 Å². The first kappa shape index (κ1) is 26.6. The standard InChI is InChI=1S/C22H38N7O4/c1-14(2)12-16(23)20(32)29-11-5-8-18(29)21(33)28-10-4-7-17(28)19(31)27-15(13-30)6-3-9-26-22(24)25/h14-18H,3-12,23H2,1-2H3,(H,27,31)(H4,24,25,26)/t15-,16-,17-,18-/m0/s1. The Morgan fingerprint density at radius 1 is 1.12 bits per heavy atom. The molecule has 2 aliphatic rings. The van der Waals surface area contributed by atoms with Gasteiger partial charge in [0.25, 0.3) is 0 Å². The highest BCUT2D eigenvalue weighted by Gasteiger charge is 2.43. The SMILES string of the molecule is CC(C)C[C@H](N)C(=O)N1CCC[C@H]1C(=O)N1CCC[C@H]1C(=O)N[C@H]([C]=O)CCCNC(=N)N. The van der Waals surface area contributed by atoms with Crippen molar-refractivity contribution in [3.8, 4) is 0 Å². The Kier molecular flexibility index (Phi) is 10.1. The number of nitrogens with one attached hydrogen (secondary N) is 3. The Morgan fingerprint density at radius 3 is 2.36 bits per heavy atom.